The predicted octanol–water partition coefficient (Wildman–Crippen LogP) is 4.40. The molecule has 2 aromatic carbocycles. The zero-order chi connectivity index (χ0) is 15.7. The Morgan fingerprint density at radius 2 is 1.68 bits per heavy atom. The molecule has 0 unspecified atom stereocenters. The lowest BCUT2D eigenvalue weighted by Gasteiger charge is -2.15. The van der Waals surface area contributed by atoms with Crippen LogP contribution in [0, 0.1) is 6.92 Å². The Labute approximate surface area is 141 Å². The first-order valence-corrected chi connectivity index (χ1v) is 8.35. The Kier molecular flexibility index (Phi) is 4.22. The summed E-state index contributed by atoms with van der Waals surface area (Å²) in [5.74, 6) is -0.248. The summed E-state index contributed by atoms with van der Waals surface area (Å²) in [5, 5.41) is 2.23. The first-order valence-electron chi connectivity index (χ1n) is 6.68. The maximum atomic E-state index is 12.5. The second-order valence-corrected chi connectivity index (χ2v) is 6.90. The summed E-state index contributed by atoms with van der Waals surface area (Å²) in [6.07, 6.45) is 0. The number of carbonyl (C=O) groups excluding carboxylic acids is 2. The number of hydrogen-bond donors (Lipinski definition) is 1. The summed E-state index contributed by atoms with van der Waals surface area (Å²) in [4.78, 5) is 25.9. The summed E-state index contributed by atoms with van der Waals surface area (Å²) in [7, 11) is 0. The second kappa shape index (κ2) is 6.14. The van der Waals surface area contributed by atoms with Crippen LogP contribution in [0.1, 0.15) is 5.56 Å². The van der Waals surface area contributed by atoms with E-state index in [0.717, 1.165) is 27.5 Å². The smallest absolute Gasteiger partial charge is 0.295 e. The summed E-state index contributed by atoms with van der Waals surface area (Å²) in [6, 6.07) is 14.8. The fourth-order valence-corrected chi connectivity index (χ4v) is 3.29. The van der Waals surface area contributed by atoms with Crippen molar-refractivity contribution in [3.8, 4) is 0 Å². The number of rotatable bonds is 3. The van der Waals surface area contributed by atoms with Gasteiger partial charge in [-0.1, -0.05) is 33.6 Å². The maximum absolute atomic E-state index is 12.5. The van der Waals surface area contributed by atoms with Gasteiger partial charge >= 0.3 is 0 Å². The molecule has 0 bridgehead atoms. The van der Waals surface area contributed by atoms with Gasteiger partial charge in [0.2, 0.25) is 0 Å². The van der Waals surface area contributed by atoms with Gasteiger partial charge in [0.1, 0.15) is 0 Å². The van der Waals surface area contributed by atoms with Gasteiger partial charge in [-0.05, 0) is 55.1 Å². The molecule has 6 heteroatoms. The Morgan fingerprint density at radius 3 is 2.32 bits per heavy atom. The number of amides is 2. The van der Waals surface area contributed by atoms with Crippen LogP contribution in [0.5, 0.6) is 0 Å². The van der Waals surface area contributed by atoms with Crippen LogP contribution in [0.3, 0.4) is 0 Å². The molecule has 1 atom stereocenters. The van der Waals surface area contributed by atoms with E-state index in [1.807, 2.05) is 43.3 Å². The van der Waals surface area contributed by atoms with Crippen molar-refractivity contribution in [1.82, 2.24) is 0 Å². The van der Waals surface area contributed by atoms with Crippen LogP contribution >= 0.6 is 27.7 Å². The molecule has 0 aromatic heterocycles. The zero-order valence-corrected chi connectivity index (χ0v) is 14.1. The minimum atomic E-state index is -0.602. The van der Waals surface area contributed by atoms with Crippen LogP contribution in [0.15, 0.2) is 53.0 Å². The summed E-state index contributed by atoms with van der Waals surface area (Å²) < 4.78 is 0.959. The van der Waals surface area contributed by atoms with Crippen LogP contribution < -0.4 is 10.2 Å². The van der Waals surface area contributed by atoms with Gasteiger partial charge in [0.05, 0.1) is 5.69 Å². The molecule has 0 radical (unpaired) electrons. The second-order valence-electron chi connectivity index (χ2n) is 4.92. The Hall–Kier alpha value is -1.79. The molecular formula is C16H13BrN2O2S. The number of benzene rings is 2. The number of nitrogens with one attached hydrogen (secondary N) is 1. The predicted molar refractivity (Wildman–Crippen MR) is 93.2 cm³/mol. The molecule has 1 saturated heterocycles. The van der Waals surface area contributed by atoms with Gasteiger partial charge in [-0.15, -0.1) is 0 Å². The van der Waals surface area contributed by atoms with Crippen molar-refractivity contribution in [3.05, 3.63) is 58.6 Å². The van der Waals surface area contributed by atoms with E-state index in [9.17, 15) is 9.59 Å². The molecule has 4 nitrogen and oxygen atoms in total. The number of halogens is 1. The molecule has 3 rings (SSSR count). The van der Waals surface area contributed by atoms with Crippen LogP contribution in [-0.2, 0) is 4.79 Å². The average molecular weight is 377 g/mol. The van der Waals surface area contributed by atoms with Gasteiger partial charge in [-0.3, -0.25) is 9.59 Å². The zero-order valence-electron chi connectivity index (χ0n) is 11.7. The van der Waals surface area contributed by atoms with Crippen molar-refractivity contribution in [2.45, 2.75) is 12.3 Å². The number of anilines is 2. The topological polar surface area (TPSA) is 49.4 Å². The summed E-state index contributed by atoms with van der Waals surface area (Å²) in [5.41, 5.74) is 2.49. The molecule has 1 heterocycles. The van der Waals surface area contributed by atoms with Crippen molar-refractivity contribution >= 4 is 50.2 Å². The number of nitrogens with zero attached hydrogens (tertiary/aromatic N) is 1. The first kappa shape index (κ1) is 15.1. The highest BCUT2D eigenvalue weighted by Gasteiger charge is 2.40. The first-order chi connectivity index (χ1) is 10.5. The standard InChI is InChI=1S/C16H13BrN2O2S/c1-10-2-8-13(9-3-10)19-15(20)14(22-16(19)21)18-12-6-4-11(17)5-7-12/h2-9,14,18H,1H3/t14-/m1/s1. The van der Waals surface area contributed by atoms with Crippen LogP contribution in [0.2, 0.25) is 0 Å². The fourth-order valence-electron chi connectivity index (χ4n) is 2.13. The van der Waals surface area contributed by atoms with E-state index in [-0.39, 0.29) is 11.1 Å². The normalized spacial score (nSPS) is 17.9. The Balaban J connectivity index is 1.79. The van der Waals surface area contributed by atoms with Crippen LogP contribution in [-0.4, -0.2) is 16.5 Å². The summed E-state index contributed by atoms with van der Waals surface area (Å²) >= 11 is 4.36. The minimum absolute atomic E-state index is 0.248. The van der Waals surface area contributed by atoms with E-state index in [0.29, 0.717) is 5.69 Å². The van der Waals surface area contributed by atoms with E-state index in [2.05, 4.69) is 21.2 Å². The van der Waals surface area contributed by atoms with E-state index < -0.39 is 5.37 Å². The van der Waals surface area contributed by atoms with E-state index in [1.165, 1.54) is 4.90 Å². The average Bonchev–Trinajstić information content (AvgIpc) is 2.77. The van der Waals surface area contributed by atoms with Crippen molar-refractivity contribution in [2.75, 3.05) is 10.2 Å². The number of imide groups is 1. The molecule has 1 N–H and O–H groups in total. The highest BCUT2D eigenvalue weighted by molar-refractivity contribution is 9.10. The van der Waals surface area contributed by atoms with Crippen molar-refractivity contribution in [3.63, 3.8) is 0 Å². The molecule has 1 fully saturated rings. The van der Waals surface area contributed by atoms with Gasteiger partial charge in [0.25, 0.3) is 11.1 Å². The molecule has 112 valence electrons. The lowest BCUT2D eigenvalue weighted by molar-refractivity contribution is -0.116. The van der Waals surface area contributed by atoms with Gasteiger partial charge in [0.15, 0.2) is 5.37 Å². The van der Waals surface area contributed by atoms with Gasteiger partial charge < -0.3 is 5.32 Å². The van der Waals surface area contributed by atoms with E-state index in [4.69, 9.17) is 0 Å². The highest BCUT2D eigenvalue weighted by atomic mass is 79.9. The van der Waals surface area contributed by atoms with Crippen LogP contribution in [0.4, 0.5) is 16.2 Å². The molecule has 2 aromatic rings. The van der Waals surface area contributed by atoms with Crippen molar-refractivity contribution in [2.24, 2.45) is 0 Å². The number of carbonyl (C=O) groups is 2. The van der Waals surface area contributed by atoms with Gasteiger partial charge in [-0.25, -0.2) is 4.90 Å². The van der Waals surface area contributed by atoms with E-state index >= 15 is 0 Å². The third-order valence-corrected chi connectivity index (χ3v) is 4.75. The largest absolute Gasteiger partial charge is 0.365 e. The third-order valence-electron chi connectivity index (χ3n) is 3.28. The van der Waals surface area contributed by atoms with E-state index in [1.54, 1.807) is 12.1 Å². The SMILES string of the molecule is Cc1ccc(N2C(=O)S[C@@H](Nc3ccc(Br)cc3)C2=O)cc1. The molecule has 1 aliphatic heterocycles. The molecule has 1 aliphatic rings. The Morgan fingerprint density at radius 1 is 1.05 bits per heavy atom. The summed E-state index contributed by atoms with van der Waals surface area (Å²) in [6.45, 7) is 1.96. The quantitative estimate of drug-likeness (QED) is 0.862. The highest BCUT2D eigenvalue weighted by Crippen LogP contribution is 2.32. The minimum Gasteiger partial charge on any atom is -0.365 e. The number of aryl methyl sites for hydroxylation is 1. The molecule has 0 spiro atoms. The third kappa shape index (κ3) is 3.03. The van der Waals surface area contributed by atoms with Crippen LogP contribution in [0.25, 0.3) is 0 Å². The molecule has 0 saturated carbocycles. The molecule has 0 aliphatic carbocycles. The molecule has 22 heavy (non-hydrogen) atoms. The lowest BCUT2D eigenvalue weighted by atomic mass is 10.2. The van der Waals surface area contributed by atoms with Gasteiger partial charge in [-0.2, -0.15) is 0 Å². The fraction of sp³-hybridized carbons (Fsp3) is 0.125. The van der Waals surface area contributed by atoms with Crippen molar-refractivity contribution < 1.29 is 9.59 Å². The molecule has 2 amide bonds. The van der Waals surface area contributed by atoms with Gasteiger partial charge in [0, 0.05) is 10.2 Å². The number of thioether (sulfide) groups is 1. The monoisotopic (exact) mass is 376 g/mol. The van der Waals surface area contributed by atoms with Crippen molar-refractivity contribution in [1.29, 1.82) is 0 Å². The lowest BCUT2D eigenvalue weighted by Crippen LogP contribution is -2.34. The number of hydrogen-bond acceptors (Lipinski definition) is 4. The maximum Gasteiger partial charge on any atom is 0.295 e. The Bertz CT molecular complexity index is 716. The molecular weight excluding hydrogens is 364 g/mol.